The minimum absolute atomic E-state index is 0.000886. The molecule has 0 spiro atoms. The first-order valence-corrected chi connectivity index (χ1v) is 16.7. The largest absolute Gasteiger partial charge is 0.453 e. The third kappa shape index (κ3) is 8.88. The number of hydrogen-bond donors (Lipinski definition) is 3. The number of aryl methyl sites for hydroxylation is 1. The summed E-state index contributed by atoms with van der Waals surface area (Å²) in [6, 6.07) is 30.1. The Morgan fingerprint density at radius 2 is 1.67 bits per heavy atom. The van der Waals surface area contributed by atoms with Gasteiger partial charge in [0.25, 0.3) is 0 Å². The third-order valence-electron chi connectivity index (χ3n) is 8.10. The maximum absolute atomic E-state index is 14.1. The van der Waals surface area contributed by atoms with Crippen LogP contribution in [0.5, 0.6) is 0 Å². The van der Waals surface area contributed by atoms with E-state index in [1.807, 2.05) is 97.1 Å². The third-order valence-corrected chi connectivity index (χ3v) is 9.62. The summed E-state index contributed by atoms with van der Waals surface area (Å²) < 4.78 is 11.5. The minimum Gasteiger partial charge on any atom is -0.453 e. The van der Waals surface area contributed by atoms with Gasteiger partial charge in [0.1, 0.15) is 11.1 Å². The number of thioether (sulfide) groups is 1. The van der Waals surface area contributed by atoms with Crippen LogP contribution in [0.1, 0.15) is 36.0 Å². The molecule has 2 amide bonds. The maximum atomic E-state index is 14.1. The molecule has 2 heterocycles. The average Bonchev–Trinajstić information content (AvgIpc) is 3.09. The van der Waals surface area contributed by atoms with Gasteiger partial charge in [0.05, 0.1) is 24.3 Å². The number of methoxy groups -OCH3 is 1. The Morgan fingerprint density at radius 3 is 2.35 bits per heavy atom. The Bertz CT molecular complexity index is 1540. The highest BCUT2D eigenvalue weighted by atomic mass is 35.5. The van der Waals surface area contributed by atoms with Crippen molar-refractivity contribution in [2.75, 3.05) is 24.7 Å². The molecule has 0 saturated carbocycles. The van der Waals surface area contributed by atoms with Gasteiger partial charge < -0.3 is 25.4 Å². The summed E-state index contributed by atoms with van der Waals surface area (Å²) in [4.78, 5) is 31.0. The van der Waals surface area contributed by atoms with E-state index >= 15 is 0 Å². The van der Waals surface area contributed by atoms with Crippen LogP contribution < -0.4 is 16.0 Å². The Labute approximate surface area is 279 Å². The summed E-state index contributed by atoms with van der Waals surface area (Å²) in [5.74, 6) is -0.0644. The fourth-order valence-electron chi connectivity index (χ4n) is 5.63. The standard InChI is InChI=1S/C36H39ClN4O4S/c1-24-31(23-46-35-29(37)17-11-21-38-35)45-28(22-39-24)20-19-25-12-9-10-18-30(25)40-34(42)33(41-36(43)44-2)32(26-13-5-3-6-14-26)27-15-7-4-8-16-27/h3-18,21,24,28,31-33,39H,19-20,22-23H2,1-2H3,(H,40,42)(H,41,43)/t24-,28-,31-,33+/m1/s1. The molecule has 1 saturated heterocycles. The van der Waals surface area contributed by atoms with Gasteiger partial charge in [0.2, 0.25) is 5.91 Å². The molecule has 3 N–H and O–H groups in total. The summed E-state index contributed by atoms with van der Waals surface area (Å²) >= 11 is 7.91. The molecule has 240 valence electrons. The molecule has 0 aliphatic carbocycles. The molecule has 0 radical (unpaired) electrons. The van der Waals surface area contributed by atoms with Crippen LogP contribution in [0, 0.1) is 0 Å². The summed E-state index contributed by atoms with van der Waals surface area (Å²) in [6.07, 6.45) is 2.51. The molecule has 46 heavy (non-hydrogen) atoms. The molecule has 4 atom stereocenters. The van der Waals surface area contributed by atoms with Gasteiger partial charge in [-0.15, -0.1) is 11.8 Å². The molecule has 3 aromatic carbocycles. The topological polar surface area (TPSA) is 102 Å². The Kier molecular flexibility index (Phi) is 12.1. The van der Waals surface area contributed by atoms with Gasteiger partial charge in [-0.3, -0.25) is 4.79 Å². The second-order valence-corrected chi connectivity index (χ2v) is 12.6. The number of carbonyl (C=O) groups is 2. The van der Waals surface area contributed by atoms with Crippen LogP contribution in [0.3, 0.4) is 0 Å². The van der Waals surface area contributed by atoms with Gasteiger partial charge in [-0.2, -0.15) is 0 Å². The van der Waals surface area contributed by atoms with E-state index in [2.05, 4.69) is 27.9 Å². The summed E-state index contributed by atoms with van der Waals surface area (Å²) in [6.45, 7) is 2.87. The highest BCUT2D eigenvalue weighted by Crippen LogP contribution is 2.31. The zero-order valence-electron chi connectivity index (χ0n) is 25.9. The monoisotopic (exact) mass is 658 g/mol. The van der Waals surface area contributed by atoms with E-state index in [0.29, 0.717) is 17.1 Å². The quantitative estimate of drug-likeness (QED) is 0.146. The lowest BCUT2D eigenvalue weighted by atomic mass is 9.84. The maximum Gasteiger partial charge on any atom is 0.407 e. The molecule has 0 bridgehead atoms. The number of morpholine rings is 1. The zero-order chi connectivity index (χ0) is 32.3. The van der Waals surface area contributed by atoms with Crippen molar-refractivity contribution >= 4 is 41.1 Å². The first kappa shape index (κ1) is 33.5. The second-order valence-electron chi connectivity index (χ2n) is 11.2. The summed E-state index contributed by atoms with van der Waals surface area (Å²) in [5.41, 5.74) is 3.47. The van der Waals surface area contributed by atoms with Gasteiger partial charge >= 0.3 is 6.09 Å². The van der Waals surface area contributed by atoms with Crippen molar-refractivity contribution in [1.29, 1.82) is 0 Å². The number of benzene rings is 3. The number of carbonyl (C=O) groups excluding carboxylic acids is 2. The number of para-hydroxylation sites is 1. The molecule has 0 unspecified atom stereocenters. The molecule has 1 aliphatic rings. The van der Waals surface area contributed by atoms with E-state index in [0.717, 1.165) is 40.4 Å². The lowest BCUT2D eigenvalue weighted by Crippen LogP contribution is -2.52. The molecule has 1 aliphatic heterocycles. The van der Waals surface area contributed by atoms with Crippen LogP contribution in [-0.2, 0) is 20.7 Å². The van der Waals surface area contributed by atoms with Crippen LogP contribution in [-0.4, -0.2) is 60.7 Å². The fraction of sp³-hybridized carbons (Fsp3) is 0.306. The number of hydrogen-bond acceptors (Lipinski definition) is 7. The van der Waals surface area contributed by atoms with E-state index in [1.54, 1.807) is 18.0 Å². The number of amides is 2. The number of pyridine rings is 1. The molecule has 1 aromatic heterocycles. The Balaban J connectivity index is 1.29. The number of anilines is 1. The van der Waals surface area contributed by atoms with E-state index in [1.165, 1.54) is 7.11 Å². The predicted molar refractivity (Wildman–Crippen MR) is 184 cm³/mol. The Hall–Kier alpha value is -3.89. The summed E-state index contributed by atoms with van der Waals surface area (Å²) in [5, 5.41) is 11.0. The minimum atomic E-state index is -0.941. The van der Waals surface area contributed by atoms with Gasteiger partial charge in [-0.05, 0) is 54.7 Å². The SMILES string of the molecule is COC(=O)N[C@H](C(=O)Nc1ccccc1CC[C@@H]1CN[C@H](C)[C@@H](CSc2ncccc2Cl)O1)C(c1ccccc1)c1ccccc1. The smallest absolute Gasteiger partial charge is 0.407 e. The highest BCUT2D eigenvalue weighted by molar-refractivity contribution is 7.99. The molecule has 8 nitrogen and oxygen atoms in total. The van der Waals surface area contributed by atoms with E-state index < -0.39 is 18.1 Å². The number of halogens is 1. The average molecular weight is 659 g/mol. The van der Waals surface area contributed by atoms with Gasteiger partial charge in [0, 0.05) is 36.1 Å². The molecular weight excluding hydrogens is 620 g/mol. The van der Waals surface area contributed by atoms with E-state index in [4.69, 9.17) is 21.1 Å². The van der Waals surface area contributed by atoms with Gasteiger partial charge in [-0.25, -0.2) is 9.78 Å². The Morgan fingerprint density at radius 1 is 1.00 bits per heavy atom. The van der Waals surface area contributed by atoms with E-state index in [9.17, 15) is 9.59 Å². The second kappa shape index (κ2) is 16.6. The zero-order valence-corrected chi connectivity index (χ0v) is 27.5. The molecule has 10 heteroatoms. The van der Waals surface area contributed by atoms with Crippen LogP contribution in [0.15, 0.2) is 108 Å². The highest BCUT2D eigenvalue weighted by Gasteiger charge is 2.33. The number of alkyl carbamates (subject to hydrolysis) is 1. The molecule has 4 aromatic rings. The van der Waals surface area contributed by atoms with E-state index in [-0.39, 0.29) is 24.2 Å². The molecular formula is C36H39ClN4O4S. The van der Waals surface area contributed by atoms with Crippen LogP contribution in [0.2, 0.25) is 5.02 Å². The van der Waals surface area contributed by atoms with Crippen LogP contribution in [0.25, 0.3) is 0 Å². The molecule has 1 fully saturated rings. The number of rotatable bonds is 12. The number of aromatic nitrogens is 1. The lowest BCUT2D eigenvalue weighted by molar-refractivity contribution is -0.118. The predicted octanol–water partition coefficient (Wildman–Crippen LogP) is 6.70. The number of nitrogens with zero attached hydrogens (tertiary/aromatic N) is 1. The number of nitrogens with one attached hydrogen (secondary N) is 3. The van der Waals surface area contributed by atoms with Crippen molar-refractivity contribution in [2.45, 2.75) is 55.0 Å². The van der Waals surface area contributed by atoms with Gasteiger partial charge in [0.15, 0.2) is 0 Å². The van der Waals surface area contributed by atoms with Crippen molar-refractivity contribution in [3.05, 3.63) is 125 Å². The van der Waals surface area contributed by atoms with Crippen LogP contribution >= 0.6 is 23.4 Å². The first-order valence-electron chi connectivity index (χ1n) is 15.4. The van der Waals surface area contributed by atoms with Gasteiger partial charge in [-0.1, -0.05) is 90.5 Å². The first-order chi connectivity index (χ1) is 22.4. The molecule has 5 rings (SSSR count). The van der Waals surface area contributed by atoms with Crippen molar-refractivity contribution in [3.63, 3.8) is 0 Å². The lowest BCUT2D eigenvalue weighted by Gasteiger charge is -2.36. The van der Waals surface area contributed by atoms with Crippen molar-refractivity contribution < 1.29 is 19.1 Å². The van der Waals surface area contributed by atoms with Crippen molar-refractivity contribution in [3.8, 4) is 0 Å². The van der Waals surface area contributed by atoms with Crippen molar-refractivity contribution in [2.24, 2.45) is 0 Å². The number of ether oxygens (including phenoxy) is 2. The normalized spacial score (nSPS) is 18.5. The van der Waals surface area contributed by atoms with Crippen molar-refractivity contribution in [1.82, 2.24) is 15.6 Å². The fourth-order valence-corrected chi connectivity index (χ4v) is 6.94. The summed E-state index contributed by atoms with van der Waals surface area (Å²) in [7, 11) is 1.29. The van der Waals surface area contributed by atoms with Crippen LogP contribution in [0.4, 0.5) is 10.5 Å².